The fourth-order valence-electron chi connectivity index (χ4n) is 5.34. The first-order valence-electron chi connectivity index (χ1n) is 13.8. The molecule has 0 unspecified atom stereocenters. The van der Waals surface area contributed by atoms with Crippen molar-refractivity contribution in [3.63, 3.8) is 0 Å². The second kappa shape index (κ2) is 13.2. The largest absolute Gasteiger partial charge is 0.462 e. The lowest BCUT2D eigenvalue weighted by Gasteiger charge is -2.33. The van der Waals surface area contributed by atoms with E-state index >= 15 is 0 Å². The summed E-state index contributed by atoms with van der Waals surface area (Å²) in [6.45, 7) is 6.11. The molecule has 0 amide bonds. The third kappa shape index (κ3) is 6.95. The van der Waals surface area contributed by atoms with Crippen molar-refractivity contribution in [3.05, 3.63) is 70.3 Å². The lowest BCUT2D eigenvalue weighted by Crippen LogP contribution is -2.27. The number of rotatable bonds is 10. The molecule has 2 aromatic rings. The standard InChI is InChI=1S/C31H42O4/c1-3-5-10-23-13-18-28(29(20-23)24-11-8-7-9-12-24)27-21-34-31(35-22-27)26-16-14-25(15-17-26)30(32)33-19-6-4-2/h13-18,20,24,27,31H,3-12,19,21-22H2,1-2H3. The summed E-state index contributed by atoms with van der Waals surface area (Å²) >= 11 is 0. The highest BCUT2D eigenvalue weighted by atomic mass is 16.7. The summed E-state index contributed by atoms with van der Waals surface area (Å²) in [5.41, 5.74) is 5.94. The van der Waals surface area contributed by atoms with Crippen LogP contribution in [-0.2, 0) is 20.6 Å². The number of esters is 1. The van der Waals surface area contributed by atoms with Gasteiger partial charge in [0.2, 0.25) is 0 Å². The zero-order valence-corrected chi connectivity index (χ0v) is 21.6. The first-order valence-corrected chi connectivity index (χ1v) is 13.8. The number of ether oxygens (including phenoxy) is 3. The van der Waals surface area contributed by atoms with Crippen molar-refractivity contribution >= 4 is 5.97 Å². The molecule has 35 heavy (non-hydrogen) atoms. The van der Waals surface area contributed by atoms with E-state index in [0.717, 1.165) is 18.4 Å². The van der Waals surface area contributed by atoms with Crippen LogP contribution in [0.3, 0.4) is 0 Å². The van der Waals surface area contributed by atoms with Gasteiger partial charge in [0.15, 0.2) is 6.29 Å². The van der Waals surface area contributed by atoms with Gasteiger partial charge in [-0.2, -0.15) is 0 Å². The number of benzene rings is 2. The van der Waals surface area contributed by atoms with Crippen molar-refractivity contribution in [2.24, 2.45) is 0 Å². The van der Waals surface area contributed by atoms with Gasteiger partial charge in [-0.1, -0.05) is 76.3 Å². The molecule has 2 aromatic carbocycles. The molecule has 0 bridgehead atoms. The van der Waals surface area contributed by atoms with Crippen molar-refractivity contribution in [1.82, 2.24) is 0 Å². The van der Waals surface area contributed by atoms with Gasteiger partial charge in [0.1, 0.15) is 0 Å². The van der Waals surface area contributed by atoms with Crippen LogP contribution in [0, 0.1) is 0 Å². The molecule has 0 aromatic heterocycles. The Morgan fingerprint density at radius 2 is 1.57 bits per heavy atom. The zero-order chi connectivity index (χ0) is 24.5. The predicted octanol–water partition coefficient (Wildman–Crippen LogP) is 7.86. The van der Waals surface area contributed by atoms with Crippen molar-refractivity contribution in [1.29, 1.82) is 0 Å². The summed E-state index contributed by atoms with van der Waals surface area (Å²) in [4.78, 5) is 12.2. The summed E-state index contributed by atoms with van der Waals surface area (Å²) in [6.07, 6.45) is 11.8. The Hall–Kier alpha value is -2.17. The first kappa shape index (κ1) is 25.9. The molecule has 4 heteroatoms. The number of carbonyl (C=O) groups is 1. The first-order chi connectivity index (χ1) is 17.2. The van der Waals surface area contributed by atoms with E-state index in [1.165, 1.54) is 62.5 Å². The lowest BCUT2D eigenvalue weighted by atomic mass is 9.78. The molecule has 1 aliphatic carbocycles. The molecular weight excluding hydrogens is 436 g/mol. The summed E-state index contributed by atoms with van der Waals surface area (Å²) in [7, 11) is 0. The zero-order valence-electron chi connectivity index (χ0n) is 21.6. The van der Waals surface area contributed by atoms with E-state index in [1.807, 2.05) is 12.1 Å². The predicted molar refractivity (Wildman–Crippen MR) is 140 cm³/mol. The van der Waals surface area contributed by atoms with Gasteiger partial charge in [-0.25, -0.2) is 4.79 Å². The van der Waals surface area contributed by atoms with E-state index < -0.39 is 6.29 Å². The SMILES string of the molecule is CCCCOC(=O)c1ccc(C2OCC(c3ccc(CCCC)cc3C3CCCCC3)CO2)cc1. The van der Waals surface area contributed by atoms with Gasteiger partial charge >= 0.3 is 5.97 Å². The van der Waals surface area contributed by atoms with Crippen LogP contribution >= 0.6 is 0 Å². The molecule has 1 aliphatic heterocycles. The molecule has 0 radical (unpaired) electrons. The fraction of sp³-hybridized carbons (Fsp3) is 0.581. The van der Waals surface area contributed by atoms with Gasteiger partial charge < -0.3 is 14.2 Å². The molecule has 2 fully saturated rings. The molecule has 190 valence electrons. The Labute approximate surface area is 211 Å². The van der Waals surface area contributed by atoms with E-state index in [0.29, 0.717) is 31.3 Å². The molecule has 1 saturated carbocycles. The van der Waals surface area contributed by atoms with Gasteiger partial charge in [-0.05, 0) is 66.8 Å². The molecule has 0 atom stereocenters. The van der Waals surface area contributed by atoms with E-state index in [1.54, 1.807) is 17.7 Å². The van der Waals surface area contributed by atoms with Gasteiger partial charge in [-0.15, -0.1) is 0 Å². The highest BCUT2D eigenvalue weighted by molar-refractivity contribution is 5.89. The molecule has 1 saturated heterocycles. The highest BCUT2D eigenvalue weighted by Crippen LogP contribution is 2.39. The summed E-state index contributed by atoms with van der Waals surface area (Å²) < 4.78 is 17.7. The third-order valence-corrected chi connectivity index (χ3v) is 7.50. The van der Waals surface area contributed by atoms with Gasteiger partial charge in [0, 0.05) is 11.5 Å². The van der Waals surface area contributed by atoms with Crippen LogP contribution in [0.15, 0.2) is 42.5 Å². The third-order valence-electron chi connectivity index (χ3n) is 7.50. The molecular formula is C31H42O4. The normalized spacial score (nSPS) is 21.1. The number of hydrogen-bond donors (Lipinski definition) is 0. The number of unbranched alkanes of at least 4 members (excludes halogenated alkanes) is 2. The van der Waals surface area contributed by atoms with E-state index in [-0.39, 0.29) is 11.9 Å². The van der Waals surface area contributed by atoms with E-state index in [2.05, 4.69) is 32.0 Å². The van der Waals surface area contributed by atoms with Crippen molar-refractivity contribution in [2.75, 3.05) is 19.8 Å². The van der Waals surface area contributed by atoms with Crippen LogP contribution in [0.4, 0.5) is 0 Å². The minimum atomic E-state index is -0.390. The maximum absolute atomic E-state index is 12.2. The van der Waals surface area contributed by atoms with E-state index in [9.17, 15) is 4.79 Å². The van der Waals surface area contributed by atoms with Crippen LogP contribution in [-0.4, -0.2) is 25.8 Å². The Morgan fingerprint density at radius 1 is 0.857 bits per heavy atom. The minimum absolute atomic E-state index is 0.260. The van der Waals surface area contributed by atoms with Gasteiger partial charge in [0.05, 0.1) is 25.4 Å². The maximum Gasteiger partial charge on any atom is 0.338 e. The number of carbonyl (C=O) groups excluding carboxylic acids is 1. The Morgan fingerprint density at radius 3 is 2.26 bits per heavy atom. The molecule has 0 spiro atoms. The highest BCUT2D eigenvalue weighted by Gasteiger charge is 2.29. The fourth-order valence-corrected chi connectivity index (χ4v) is 5.34. The molecule has 2 aliphatic rings. The van der Waals surface area contributed by atoms with Crippen LogP contribution in [0.25, 0.3) is 0 Å². The Bertz CT molecular complexity index is 921. The molecule has 4 nitrogen and oxygen atoms in total. The average Bonchev–Trinajstić information content (AvgIpc) is 2.92. The second-order valence-corrected chi connectivity index (χ2v) is 10.2. The Balaban J connectivity index is 1.40. The minimum Gasteiger partial charge on any atom is -0.462 e. The van der Waals surface area contributed by atoms with E-state index in [4.69, 9.17) is 14.2 Å². The molecule has 4 rings (SSSR count). The topological polar surface area (TPSA) is 44.8 Å². The smallest absolute Gasteiger partial charge is 0.338 e. The average molecular weight is 479 g/mol. The molecule has 1 heterocycles. The van der Waals surface area contributed by atoms with Crippen molar-refractivity contribution in [2.45, 2.75) is 96.2 Å². The quantitative estimate of drug-likeness (QED) is 0.257. The van der Waals surface area contributed by atoms with Gasteiger partial charge in [0.25, 0.3) is 0 Å². The van der Waals surface area contributed by atoms with Crippen molar-refractivity contribution in [3.8, 4) is 0 Å². The number of aryl methyl sites for hydroxylation is 1. The Kier molecular flexibility index (Phi) is 9.79. The lowest BCUT2D eigenvalue weighted by molar-refractivity contribution is -0.191. The maximum atomic E-state index is 12.2. The second-order valence-electron chi connectivity index (χ2n) is 10.2. The molecule has 0 N–H and O–H groups in total. The van der Waals surface area contributed by atoms with Crippen LogP contribution in [0.1, 0.15) is 122 Å². The summed E-state index contributed by atoms with van der Waals surface area (Å²) in [6, 6.07) is 14.6. The summed E-state index contributed by atoms with van der Waals surface area (Å²) in [5.74, 6) is 0.659. The number of hydrogen-bond acceptors (Lipinski definition) is 4. The van der Waals surface area contributed by atoms with Crippen LogP contribution in [0.2, 0.25) is 0 Å². The summed E-state index contributed by atoms with van der Waals surface area (Å²) in [5, 5.41) is 0. The van der Waals surface area contributed by atoms with Crippen molar-refractivity contribution < 1.29 is 19.0 Å². The van der Waals surface area contributed by atoms with Crippen LogP contribution < -0.4 is 0 Å². The van der Waals surface area contributed by atoms with Gasteiger partial charge in [-0.3, -0.25) is 0 Å². The monoisotopic (exact) mass is 478 g/mol. The van der Waals surface area contributed by atoms with Crippen LogP contribution in [0.5, 0.6) is 0 Å².